The molecule has 0 bridgehead atoms. The van der Waals surface area contributed by atoms with Crippen molar-refractivity contribution in [2.75, 3.05) is 20.8 Å². The summed E-state index contributed by atoms with van der Waals surface area (Å²) in [7, 11) is 3.31. The van der Waals surface area contributed by atoms with Gasteiger partial charge in [-0.2, -0.15) is 0 Å². The Labute approximate surface area is 215 Å². The fourth-order valence-corrected chi connectivity index (χ4v) is 5.93. The fourth-order valence-electron chi connectivity index (χ4n) is 5.93. The zero-order valence-corrected chi connectivity index (χ0v) is 21.4. The van der Waals surface area contributed by atoms with Crippen LogP contribution in [-0.4, -0.2) is 35.3 Å². The minimum Gasteiger partial charge on any atom is -0.497 e. The number of aryl methyl sites for hydroxylation is 1. The van der Waals surface area contributed by atoms with Gasteiger partial charge in [0.05, 0.1) is 19.7 Å². The molecule has 6 nitrogen and oxygen atoms in total. The zero-order valence-electron chi connectivity index (χ0n) is 21.4. The van der Waals surface area contributed by atoms with E-state index in [-0.39, 0.29) is 25.2 Å². The molecule has 3 aromatic carbocycles. The molecule has 192 valence electrons. The first-order chi connectivity index (χ1) is 18.0. The predicted molar refractivity (Wildman–Crippen MR) is 140 cm³/mol. The van der Waals surface area contributed by atoms with Crippen LogP contribution in [0.5, 0.6) is 17.2 Å². The number of aliphatic hydroxyl groups is 1. The van der Waals surface area contributed by atoms with E-state index < -0.39 is 0 Å². The van der Waals surface area contributed by atoms with Gasteiger partial charge in [-0.05, 0) is 78.4 Å². The molecule has 1 aromatic heterocycles. The quantitative estimate of drug-likeness (QED) is 0.388. The third-order valence-electron chi connectivity index (χ3n) is 7.87. The molecule has 2 aliphatic rings. The maximum atomic E-state index is 14.4. The van der Waals surface area contributed by atoms with Crippen LogP contribution in [0.25, 0.3) is 10.9 Å². The highest BCUT2D eigenvalue weighted by Crippen LogP contribution is 2.45. The molecule has 1 N–H and O–H groups in total. The summed E-state index contributed by atoms with van der Waals surface area (Å²) in [5, 5.41) is 11.3. The van der Waals surface area contributed by atoms with Crippen molar-refractivity contribution in [3.05, 3.63) is 87.9 Å². The van der Waals surface area contributed by atoms with Gasteiger partial charge < -0.3 is 23.9 Å². The maximum absolute atomic E-state index is 14.4. The topological polar surface area (TPSA) is 56.1 Å². The molecule has 1 atom stereocenters. The molecule has 7 heteroatoms. The first-order valence-electron chi connectivity index (χ1n) is 12.6. The first-order valence-corrected chi connectivity index (χ1v) is 12.6. The van der Waals surface area contributed by atoms with E-state index in [1.807, 2.05) is 29.7 Å². The molecule has 0 radical (unpaired) electrons. The molecule has 0 saturated carbocycles. The van der Waals surface area contributed by atoms with Crippen molar-refractivity contribution >= 4 is 10.9 Å². The second-order valence-corrected chi connectivity index (χ2v) is 9.90. The summed E-state index contributed by atoms with van der Waals surface area (Å²) in [6.45, 7) is 3.62. The lowest BCUT2D eigenvalue weighted by molar-refractivity contribution is 0.145. The van der Waals surface area contributed by atoms with Gasteiger partial charge in [0.25, 0.3) is 0 Å². The second kappa shape index (κ2) is 9.39. The second-order valence-electron chi connectivity index (χ2n) is 9.90. The number of halogens is 1. The summed E-state index contributed by atoms with van der Waals surface area (Å²) in [6.07, 6.45) is 1.72. The molecule has 0 saturated heterocycles. The predicted octanol–water partition coefficient (Wildman–Crippen LogP) is 5.29. The third kappa shape index (κ3) is 4.03. The van der Waals surface area contributed by atoms with Crippen molar-refractivity contribution in [2.45, 2.75) is 45.7 Å². The van der Waals surface area contributed by atoms with Crippen LogP contribution < -0.4 is 14.2 Å². The van der Waals surface area contributed by atoms with E-state index in [2.05, 4.69) is 23.1 Å². The van der Waals surface area contributed by atoms with Crippen LogP contribution in [0.3, 0.4) is 0 Å². The van der Waals surface area contributed by atoms with E-state index in [1.54, 1.807) is 20.3 Å². The molecule has 0 amide bonds. The number of nitrogens with zero attached hydrogens (tertiary/aromatic N) is 2. The van der Waals surface area contributed by atoms with E-state index in [1.165, 1.54) is 22.8 Å². The molecule has 0 spiro atoms. The van der Waals surface area contributed by atoms with Crippen molar-refractivity contribution in [3.8, 4) is 17.2 Å². The Balaban J connectivity index is 1.37. The molecule has 2 aliphatic heterocycles. The van der Waals surface area contributed by atoms with E-state index in [0.29, 0.717) is 17.1 Å². The van der Waals surface area contributed by atoms with Gasteiger partial charge in [-0.25, -0.2) is 4.39 Å². The molecule has 37 heavy (non-hydrogen) atoms. The van der Waals surface area contributed by atoms with Gasteiger partial charge in [0.2, 0.25) is 0 Å². The van der Waals surface area contributed by atoms with Crippen molar-refractivity contribution < 1.29 is 23.7 Å². The van der Waals surface area contributed by atoms with Gasteiger partial charge in [0.15, 0.2) is 11.5 Å². The van der Waals surface area contributed by atoms with E-state index in [0.717, 1.165) is 53.8 Å². The number of aromatic nitrogens is 1. The van der Waals surface area contributed by atoms with Gasteiger partial charge in [0.1, 0.15) is 24.9 Å². The van der Waals surface area contributed by atoms with Crippen molar-refractivity contribution in [2.24, 2.45) is 0 Å². The number of aliphatic hydroxyl groups excluding tert-OH is 1. The van der Waals surface area contributed by atoms with Crippen molar-refractivity contribution in [1.29, 1.82) is 0 Å². The Morgan fingerprint density at radius 3 is 2.65 bits per heavy atom. The molecule has 3 heterocycles. The standard InChI is InChI=1S/C30H31FN2O4/c1-18-4-5-20(25(31)10-18)16-37-30-14-22-19(11-29(30)36-3)8-9-32-15-28-24(13-27(22)32)23-12-21(35-2)6-7-26(23)33(28)17-34/h4-7,10-12,14,27,34H,8-9,13,15-17H2,1-3H3. The third-order valence-corrected chi connectivity index (χ3v) is 7.87. The van der Waals surface area contributed by atoms with Crippen LogP contribution in [0.1, 0.15) is 39.6 Å². The van der Waals surface area contributed by atoms with Crippen LogP contribution >= 0.6 is 0 Å². The average molecular weight is 503 g/mol. The van der Waals surface area contributed by atoms with Crippen LogP contribution in [0.15, 0.2) is 48.5 Å². The summed E-state index contributed by atoms with van der Waals surface area (Å²) in [4.78, 5) is 2.48. The van der Waals surface area contributed by atoms with Gasteiger partial charge in [-0.15, -0.1) is 0 Å². The molecule has 0 fully saturated rings. The minimum atomic E-state index is -0.265. The van der Waals surface area contributed by atoms with Gasteiger partial charge in [-0.1, -0.05) is 12.1 Å². The highest BCUT2D eigenvalue weighted by Gasteiger charge is 2.36. The Bertz CT molecular complexity index is 1500. The van der Waals surface area contributed by atoms with Crippen LogP contribution in [0, 0.1) is 12.7 Å². The van der Waals surface area contributed by atoms with Crippen molar-refractivity contribution in [1.82, 2.24) is 9.47 Å². The number of hydrogen-bond donors (Lipinski definition) is 1. The lowest BCUT2D eigenvalue weighted by atomic mass is 9.85. The minimum absolute atomic E-state index is 0.0575. The maximum Gasteiger partial charge on any atom is 0.162 e. The van der Waals surface area contributed by atoms with Gasteiger partial charge in [-0.3, -0.25) is 4.90 Å². The smallest absolute Gasteiger partial charge is 0.162 e. The Morgan fingerprint density at radius 1 is 1.03 bits per heavy atom. The fraction of sp³-hybridized carbons (Fsp3) is 0.333. The number of hydrogen-bond acceptors (Lipinski definition) is 5. The molecule has 4 aromatic rings. The normalized spacial score (nSPS) is 16.7. The molecule has 6 rings (SSSR count). The van der Waals surface area contributed by atoms with Crippen LogP contribution in [0.4, 0.5) is 4.39 Å². The average Bonchev–Trinajstić information content (AvgIpc) is 3.22. The SMILES string of the molecule is COc1ccc2c(c1)c1c(n2CO)CN2CCc3cc(OC)c(OCc4ccc(C)cc4F)cc3C2C1. The number of ether oxygens (including phenoxy) is 3. The number of methoxy groups -OCH3 is 2. The van der Waals surface area contributed by atoms with Gasteiger partial charge >= 0.3 is 0 Å². The monoisotopic (exact) mass is 502 g/mol. The van der Waals surface area contributed by atoms with Crippen LogP contribution in [-0.2, 0) is 32.7 Å². The molecule has 1 unspecified atom stereocenters. The molecular formula is C30H31FN2O4. The van der Waals surface area contributed by atoms with E-state index in [4.69, 9.17) is 14.2 Å². The Hall–Kier alpha value is -3.55. The summed E-state index contributed by atoms with van der Waals surface area (Å²) in [5.41, 5.74) is 7.28. The Morgan fingerprint density at radius 2 is 1.89 bits per heavy atom. The molecular weight excluding hydrogens is 471 g/mol. The lowest BCUT2D eigenvalue weighted by Crippen LogP contribution is -2.39. The summed E-state index contributed by atoms with van der Waals surface area (Å²) in [6, 6.07) is 15.5. The number of rotatable bonds is 6. The summed E-state index contributed by atoms with van der Waals surface area (Å²) in [5.74, 6) is 1.82. The highest BCUT2D eigenvalue weighted by molar-refractivity contribution is 5.87. The van der Waals surface area contributed by atoms with Crippen molar-refractivity contribution in [3.63, 3.8) is 0 Å². The number of fused-ring (bicyclic) bond motifs is 6. The highest BCUT2D eigenvalue weighted by atomic mass is 19.1. The lowest BCUT2D eigenvalue weighted by Gasteiger charge is -2.41. The Kier molecular flexibility index (Phi) is 6.05. The van der Waals surface area contributed by atoms with E-state index >= 15 is 0 Å². The van der Waals surface area contributed by atoms with E-state index in [9.17, 15) is 9.50 Å². The summed E-state index contributed by atoms with van der Waals surface area (Å²) < 4.78 is 33.7. The first kappa shape index (κ1) is 23.8. The largest absolute Gasteiger partial charge is 0.497 e. The summed E-state index contributed by atoms with van der Waals surface area (Å²) >= 11 is 0. The van der Waals surface area contributed by atoms with Gasteiger partial charge in [0, 0.05) is 35.8 Å². The zero-order chi connectivity index (χ0) is 25.7. The molecule has 0 aliphatic carbocycles. The number of benzene rings is 3. The van der Waals surface area contributed by atoms with Crippen LogP contribution in [0.2, 0.25) is 0 Å².